The first kappa shape index (κ1) is 14.7. The molecule has 0 aromatic carbocycles. The zero-order chi connectivity index (χ0) is 11.8. The second-order valence-electron chi connectivity index (χ2n) is 4.79. The minimum absolute atomic E-state index is 0.603. The van der Waals surface area contributed by atoms with Crippen LogP contribution >= 0.6 is 0 Å². The average Bonchev–Trinajstić information content (AvgIpc) is 2.15. The van der Waals surface area contributed by atoms with E-state index in [2.05, 4.69) is 51.5 Å². The smallest absolute Gasteiger partial charge is 0.0187 e. The highest BCUT2D eigenvalue weighted by Gasteiger charge is 2.16. The van der Waals surface area contributed by atoms with Crippen molar-refractivity contribution in [2.75, 3.05) is 26.7 Å². The Morgan fingerprint density at radius 3 is 2.47 bits per heavy atom. The first-order valence-electron chi connectivity index (χ1n) is 6.04. The molecule has 90 valence electrons. The van der Waals surface area contributed by atoms with Gasteiger partial charge in [0.25, 0.3) is 0 Å². The van der Waals surface area contributed by atoms with Crippen LogP contribution < -0.4 is 5.32 Å². The van der Waals surface area contributed by atoms with Crippen LogP contribution in [0, 0.1) is 5.92 Å². The van der Waals surface area contributed by atoms with E-state index in [4.69, 9.17) is 0 Å². The Morgan fingerprint density at radius 1 is 1.40 bits per heavy atom. The largest absolute Gasteiger partial charge is 0.316 e. The molecule has 2 heteroatoms. The normalized spacial score (nSPS) is 15.3. The zero-order valence-electron chi connectivity index (χ0n) is 11.1. The summed E-state index contributed by atoms with van der Waals surface area (Å²) in [5.74, 6) is 0.681. The predicted molar refractivity (Wildman–Crippen MR) is 69.2 cm³/mol. The van der Waals surface area contributed by atoms with Gasteiger partial charge in [0.05, 0.1) is 0 Å². The van der Waals surface area contributed by atoms with E-state index in [9.17, 15) is 0 Å². The quantitative estimate of drug-likeness (QED) is 0.491. The summed E-state index contributed by atoms with van der Waals surface area (Å²) in [5, 5.41) is 3.47. The first-order valence-corrected chi connectivity index (χ1v) is 6.04. The molecular formula is C13H28N2. The van der Waals surface area contributed by atoms with Gasteiger partial charge in [-0.3, -0.25) is 4.90 Å². The van der Waals surface area contributed by atoms with Crippen LogP contribution in [0.25, 0.3) is 0 Å². The van der Waals surface area contributed by atoms with Crippen LogP contribution in [-0.2, 0) is 0 Å². The Morgan fingerprint density at radius 2 is 2.00 bits per heavy atom. The molecule has 0 spiro atoms. The van der Waals surface area contributed by atoms with Crippen LogP contribution in [0.15, 0.2) is 12.2 Å². The van der Waals surface area contributed by atoms with Crippen LogP contribution in [0.2, 0.25) is 0 Å². The Bertz CT molecular complexity index is 177. The highest BCUT2D eigenvalue weighted by Crippen LogP contribution is 2.09. The maximum atomic E-state index is 3.95. The van der Waals surface area contributed by atoms with E-state index in [0.29, 0.717) is 12.0 Å². The van der Waals surface area contributed by atoms with E-state index in [0.717, 1.165) is 19.6 Å². The lowest BCUT2D eigenvalue weighted by molar-refractivity contribution is 0.210. The number of hydrogen-bond donors (Lipinski definition) is 1. The number of likely N-dealkylation sites (N-methyl/N-ethyl adjacent to an activating group) is 1. The van der Waals surface area contributed by atoms with E-state index in [1.165, 1.54) is 12.0 Å². The van der Waals surface area contributed by atoms with Gasteiger partial charge in [-0.15, -0.1) is 0 Å². The van der Waals surface area contributed by atoms with E-state index in [-0.39, 0.29) is 0 Å². The van der Waals surface area contributed by atoms with Crippen LogP contribution in [0.5, 0.6) is 0 Å². The summed E-state index contributed by atoms with van der Waals surface area (Å²) in [6.07, 6.45) is 1.21. The zero-order valence-corrected chi connectivity index (χ0v) is 11.1. The third-order valence-electron chi connectivity index (χ3n) is 2.93. The van der Waals surface area contributed by atoms with Gasteiger partial charge in [-0.2, -0.15) is 0 Å². The van der Waals surface area contributed by atoms with Crippen molar-refractivity contribution in [2.45, 2.75) is 40.2 Å². The van der Waals surface area contributed by atoms with Gasteiger partial charge in [0.15, 0.2) is 0 Å². The van der Waals surface area contributed by atoms with Crippen LogP contribution in [0.1, 0.15) is 34.1 Å². The molecule has 1 N–H and O–H groups in total. The molecule has 2 unspecified atom stereocenters. The second-order valence-corrected chi connectivity index (χ2v) is 4.79. The van der Waals surface area contributed by atoms with Gasteiger partial charge in [-0.1, -0.05) is 26.0 Å². The first-order chi connectivity index (χ1) is 6.99. The maximum absolute atomic E-state index is 3.95. The highest BCUT2D eigenvalue weighted by molar-refractivity contribution is 4.92. The molecule has 0 amide bonds. The van der Waals surface area contributed by atoms with Crippen molar-refractivity contribution in [2.24, 2.45) is 5.92 Å². The van der Waals surface area contributed by atoms with Crippen LogP contribution in [-0.4, -0.2) is 37.6 Å². The van der Waals surface area contributed by atoms with Crippen LogP contribution in [0.3, 0.4) is 0 Å². The van der Waals surface area contributed by atoms with Crippen molar-refractivity contribution in [1.82, 2.24) is 10.2 Å². The molecule has 0 aliphatic carbocycles. The lowest BCUT2D eigenvalue weighted by Gasteiger charge is -2.30. The number of nitrogens with zero attached hydrogens (tertiary/aromatic N) is 1. The SMILES string of the molecule is C=C(C)CN(C)C(C)C(C)CNCCC. The Kier molecular flexibility index (Phi) is 7.71. The molecule has 0 saturated heterocycles. The topological polar surface area (TPSA) is 15.3 Å². The van der Waals surface area contributed by atoms with Crippen molar-refractivity contribution in [3.63, 3.8) is 0 Å². The van der Waals surface area contributed by atoms with Gasteiger partial charge in [0.1, 0.15) is 0 Å². The molecule has 0 saturated carbocycles. The van der Waals surface area contributed by atoms with E-state index in [1.807, 2.05) is 0 Å². The Labute approximate surface area is 95.7 Å². The molecule has 0 aliphatic heterocycles. The molecular weight excluding hydrogens is 184 g/mol. The van der Waals surface area contributed by atoms with Gasteiger partial charge < -0.3 is 5.32 Å². The molecule has 0 aromatic heterocycles. The monoisotopic (exact) mass is 212 g/mol. The summed E-state index contributed by atoms with van der Waals surface area (Å²) in [4.78, 5) is 2.38. The van der Waals surface area contributed by atoms with E-state index in [1.54, 1.807) is 0 Å². The fourth-order valence-corrected chi connectivity index (χ4v) is 1.68. The van der Waals surface area contributed by atoms with Crippen LogP contribution in [0.4, 0.5) is 0 Å². The lowest BCUT2D eigenvalue weighted by atomic mass is 10.0. The molecule has 0 aliphatic rings. The molecule has 0 rings (SSSR count). The summed E-state index contributed by atoms with van der Waals surface area (Å²) in [6, 6.07) is 0.603. The van der Waals surface area contributed by atoms with Gasteiger partial charge in [-0.25, -0.2) is 0 Å². The summed E-state index contributed by atoms with van der Waals surface area (Å²) >= 11 is 0. The molecule has 0 aromatic rings. The summed E-state index contributed by atoms with van der Waals surface area (Å²) in [7, 11) is 2.18. The molecule has 0 heterocycles. The van der Waals surface area contributed by atoms with Gasteiger partial charge in [0, 0.05) is 12.6 Å². The fourth-order valence-electron chi connectivity index (χ4n) is 1.68. The molecule has 0 radical (unpaired) electrons. The van der Waals surface area contributed by atoms with Crippen molar-refractivity contribution in [1.29, 1.82) is 0 Å². The molecule has 0 fully saturated rings. The maximum Gasteiger partial charge on any atom is 0.0187 e. The summed E-state index contributed by atoms with van der Waals surface area (Å²) < 4.78 is 0. The Balaban J connectivity index is 3.84. The molecule has 0 bridgehead atoms. The highest BCUT2D eigenvalue weighted by atomic mass is 15.1. The second kappa shape index (κ2) is 7.89. The average molecular weight is 212 g/mol. The number of rotatable bonds is 8. The standard InChI is InChI=1S/C13H28N2/c1-7-8-14-9-12(4)13(5)15(6)10-11(2)3/h12-14H,2,7-10H2,1,3-6H3. The number of hydrogen-bond acceptors (Lipinski definition) is 2. The predicted octanol–water partition coefficient (Wildman–Crippen LogP) is 2.52. The van der Waals surface area contributed by atoms with Crippen molar-refractivity contribution in [3.8, 4) is 0 Å². The van der Waals surface area contributed by atoms with Crippen molar-refractivity contribution in [3.05, 3.63) is 12.2 Å². The van der Waals surface area contributed by atoms with Crippen molar-refractivity contribution >= 4 is 0 Å². The summed E-state index contributed by atoms with van der Waals surface area (Å²) in [6.45, 7) is 16.1. The van der Waals surface area contributed by atoms with Crippen molar-refractivity contribution < 1.29 is 0 Å². The van der Waals surface area contributed by atoms with Gasteiger partial charge in [-0.05, 0) is 46.3 Å². The molecule has 2 atom stereocenters. The molecule has 2 nitrogen and oxygen atoms in total. The third kappa shape index (κ3) is 6.69. The Hall–Kier alpha value is -0.340. The van der Waals surface area contributed by atoms with Gasteiger partial charge in [0.2, 0.25) is 0 Å². The third-order valence-corrected chi connectivity index (χ3v) is 2.93. The minimum atomic E-state index is 0.603. The fraction of sp³-hybridized carbons (Fsp3) is 0.846. The van der Waals surface area contributed by atoms with E-state index < -0.39 is 0 Å². The lowest BCUT2D eigenvalue weighted by Crippen LogP contribution is -2.39. The van der Waals surface area contributed by atoms with Gasteiger partial charge >= 0.3 is 0 Å². The number of nitrogens with one attached hydrogen (secondary N) is 1. The van der Waals surface area contributed by atoms with E-state index >= 15 is 0 Å². The summed E-state index contributed by atoms with van der Waals surface area (Å²) in [5.41, 5.74) is 1.23. The molecule has 15 heavy (non-hydrogen) atoms. The minimum Gasteiger partial charge on any atom is -0.316 e.